The Bertz CT molecular complexity index is 1040. The molecule has 4 rings (SSSR count). The molecule has 1 saturated carbocycles. The van der Waals surface area contributed by atoms with Gasteiger partial charge in [0.15, 0.2) is 21.5 Å². The average Bonchev–Trinajstić information content (AvgIpc) is 3.39. The zero-order valence-electron chi connectivity index (χ0n) is 16.2. The molecule has 30 heavy (non-hydrogen) atoms. The lowest BCUT2D eigenvalue weighted by atomic mass is 9.92. The van der Waals surface area contributed by atoms with Crippen LogP contribution in [0.5, 0.6) is 0 Å². The predicted octanol–water partition coefficient (Wildman–Crippen LogP) is 0.910. The molecular weight excluding hydrogens is 420 g/mol. The van der Waals surface area contributed by atoms with E-state index in [1.165, 1.54) is 17.9 Å². The van der Waals surface area contributed by atoms with Gasteiger partial charge in [0.2, 0.25) is 5.91 Å². The van der Waals surface area contributed by atoms with E-state index in [0.717, 1.165) is 29.9 Å². The van der Waals surface area contributed by atoms with Crippen molar-refractivity contribution in [2.24, 2.45) is 0 Å². The van der Waals surface area contributed by atoms with E-state index in [4.69, 9.17) is 0 Å². The van der Waals surface area contributed by atoms with Crippen molar-refractivity contribution in [1.29, 1.82) is 0 Å². The first-order chi connectivity index (χ1) is 14.0. The molecular formula is C19H21F2N3O5S. The Labute approximate surface area is 172 Å². The molecule has 2 atom stereocenters. The summed E-state index contributed by atoms with van der Waals surface area (Å²) in [4.78, 5) is 40.6. The number of imide groups is 1. The van der Waals surface area contributed by atoms with Gasteiger partial charge < -0.3 is 10.2 Å². The average molecular weight is 441 g/mol. The van der Waals surface area contributed by atoms with Crippen LogP contribution < -0.4 is 5.32 Å². The van der Waals surface area contributed by atoms with Gasteiger partial charge in [0.25, 0.3) is 5.91 Å². The fourth-order valence-electron chi connectivity index (χ4n) is 4.11. The Morgan fingerprint density at radius 2 is 1.90 bits per heavy atom. The molecule has 2 saturated heterocycles. The summed E-state index contributed by atoms with van der Waals surface area (Å²) in [6, 6.07) is 1.51. The monoisotopic (exact) mass is 441 g/mol. The van der Waals surface area contributed by atoms with Crippen LogP contribution in [0.15, 0.2) is 18.2 Å². The Balaban J connectivity index is 1.54. The maximum atomic E-state index is 13.6. The molecule has 2 unspecified atom stereocenters. The number of hydrogen-bond donors (Lipinski definition) is 1. The molecule has 8 nitrogen and oxygen atoms in total. The van der Waals surface area contributed by atoms with Crippen LogP contribution in [0.3, 0.4) is 0 Å². The number of nitrogens with zero attached hydrogens (tertiary/aromatic N) is 2. The smallest absolute Gasteiger partial charge is 0.325 e. The van der Waals surface area contributed by atoms with Crippen LogP contribution in [0.4, 0.5) is 13.6 Å². The predicted molar refractivity (Wildman–Crippen MR) is 101 cm³/mol. The molecule has 4 amide bonds. The summed E-state index contributed by atoms with van der Waals surface area (Å²) in [7, 11) is -3.21. The molecule has 0 bridgehead atoms. The second kappa shape index (κ2) is 7.00. The van der Waals surface area contributed by atoms with Gasteiger partial charge >= 0.3 is 6.03 Å². The van der Waals surface area contributed by atoms with Gasteiger partial charge in [-0.05, 0) is 43.9 Å². The minimum atomic E-state index is -3.21. The Kier molecular flexibility index (Phi) is 4.83. The van der Waals surface area contributed by atoms with Crippen molar-refractivity contribution in [3.63, 3.8) is 0 Å². The summed E-state index contributed by atoms with van der Waals surface area (Å²) < 4.78 is 50.6. The normalized spacial score (nSPS) is 28.0. The minimum absolute atomic E-state index is 0.00546. The largest absolute Gasteiger partial charge is 0.334 e. The van der Waals surface area contributed by atoms with E-state index in [2.05, 4.69) is 5.32 Å². The van der Waals surface area contributed by atoms with Crippen molar-refractivity contribution in [1.82, 2.24) is 15.1 Å². The van der Waals surface area contributed by atoms with Gasteiger partial charge in [-0.25, -0.2) is 22.0 Å². The third kappa shape index (κ3) is 3.55. The van der Waals surface area contributed by atoms with Gasteiger partial charge in [-0.2, -0.15) is 0 Å². The number of amides is 4. The summed E-state index contributed by atoms with van der Waals surface area (Å²) in [5, 5.41) is 2.45. The summed E-state index contributed by atoms with van der Waals surface area (Å²) in [5.74, 6) is -3.63. The van der Waals surface area contributed by atoms with Crippen LogP contribution in [0.1, 0.15) is 31.7 Å². The second-order valence-electron chi connectivity index (χ2n) is 8.16. The highest BCUT2D eigenvalue weighted by atomic mass is 32.2. The standard InChI is InChI=1S/C19H21F2N3O5S/c1-19(11-2-5-14(20)15(21)8-11)17(26)23(18(27)22-19)9-16(25)24(12-3-4-12)13-6-7-30(28,29)10-13/h2,5,8,12-13H,3-4,6-7,9-10H2,1H3,(H,22,27). The highest BCUT2D eigenvalue weighted by Gasteiger charge is 2.51. The lowest BCUT2D eigenvalue weighted by Crippen LogP contribution is -2.49. The summed E-state index contributed by atoms with van der Waals surface area (Å²) >= 11 is 0. The molecule has 1 aromatic rings. The van der Waals surface area contributed by atoms with E-state index < -0.39 is 57.4 Å². The first-order valence-corrected chi connectivity index (χ1v) is 11.5. The van der Waals surface area contributed by atoms with Crippen molar-refractivity contribution in [3.8, 4) is 0 Å². The van der Waals surface area contributed by atoms with Crippen LogP contribution in [-0.2, 0) is 25.0 Å². The lowest BCUT2D eigenvalue weighted by molar-refractivity contribution is -0.140. The van der Waals surface area contributed by atoms with E-state index in [-0.39, 0.29) is 23.1 Å². The molecule has 0 aromatic heterocycles. The number of urea groups is 1. The van der Waals surface area contributed by atoms with E-state index in [1.54, 1.807) is 0 Å². The molecule has 162 valence electrons. The topological polar surface area (TPSA) is 104 Å². The minimum Gasteiger partial charge on any atom is -0.334 e. The van der Waals surface area contributed by atoms with Gasteiger partial charge in [-0.15, -0.1) is 0 Å². The van der Waals surface area contributed by atoms with Crippen LogP contribution in [0.25, 0.3) is 0 Å². The van der Waals surface area contributed by atoms with Crippen molar-refractivity contribution >= 4 is 27.7 Å². The van der Waals surface area contributed by atoms with Crippen LogP contribution in [-0.4, -0.2) is 66.2 Å². The maximum Gasteiger partial charge on any atom is 0.325 e. The number of benzene rings is 1. The fourth-order valence-corrected chi connectivity index (χ4v) is 5.82. The second-order valence-corrected chi connectivity index (χ2v) is 10.4. The highest BCUT2D eigenvalue weighted by molar-refractivity contribution is 7.91. The van der Waals surface area contributed by atoms with Gasteiger partial charge in [0, 0.05) is 12.1 Å². The summed E-state index contributed by atoms with van der Waals surface area (Å²) in [5.41, 5.74) is -1.59. The molecule has 1 aliphatic carbocycles. The van der Waals surface area contributed by atoms with Crippen LogP contribution >= 0.6 is 0 Å². The number of carbonyl (C=O) groups is 3. The van der Waals surface area contributed by atoms with Crippen LogP contribution in [0.2, 0.25) is 0 Å². The molecule has 2 aliphatic heterocycles. The first-order valence-electron chi connectivity index (χ1n) is 9.63. The molecule has 1 N–H and O–H groups in total. The van der Waals surface area contributed by atoms with E-state index >= 15 is 0 Å². The Morgan fingerprint density at radius 1 is 1.20 bits per heavy atom. The van der Waals surface area contributed by atoms with E-state index in [0.29, 0.717) is 6.42 Å². The molecule has 11 heteroatoms. The van der Waals surface area contributed by atoms with Crippen molar-refractivity contribution in [3.05, 3.63) is 35.4 Å². The number of carbonyl (C=O) groups excluding carboxylic acids is 3. The molecule has 1 aromatic carbocycles. The number of hydrogen-bond acceptors (Lipinski definition) is 5. The fraction of sp³-hybridized carbons (Fsp3) is 0.526. The molecule has 2 heterocycles. The molecule has 3 aliphatic rings. The quantitative estimate of drug-likeness (QED) is 0.684. The zero-order chi connectivity index (χ0) is 21.8. The maximum absolute atomic E-state index is 13.6. The molecule has 0 radical (unpaired) electrons. The highest BCUT2D eigenvalue weighted by Crippen LogP contribution is 2.34. The van der Waals surface area contributed by atoms with Gasteiger partial charge in [-0.3, -0.25) is 14.5 Å². The van der Waals surface area contributed by atoms with Crippen LogP contribution in [0, 0.1) is 11.6 Å². The van der Waals surface area contributed by atoms with Gasteiger partial charge in [-0.1, -0.05) is 6.07 Å². The zero-order valence-corrected chi connectivity index (χ0v) is 17.0. The van der Waals surface area contributed by atoms with Crippen molar-refractivity contribution < 1.29 is 31.6 Å². The summed E-state index contributed by atoms with van der Waals surface area (Å²) in [6.07, 6.45) is 1.82. The Morgan fingerprint density at radius 3 is 2.47 bits per heavy atom. The summed E-state index contributed by atoms with van der Waals surface area (Å²) in [6.45, 7) is 0.809. The van der Waals surface area contributed by atoms with E-state index in [9.17, 15) is 31.6 Å². The van der Waals surface area contributed by atoms with Crippen molar-refractivity contribution in [2.75, 3.05) is 18.1 Å². The third-order valence-electron chi connectivity index (χ3n) is 5.90. The van der Waals surface area contributed by atoms with Gasteiger partial charge in [0.05, 0.1) is 11.5 Å². The van der Waals surface area contributed by atoms with E-state index in [1.807, 2.05) is 0 Å². The number of rotatable bonds is 5. The first kappa shape index (κ1) is 20.7. The third-order valence-corrected chi connectivity index (χ3v) is 7.65. The number of sulfone groups is 1. The SMILES string of the molecule is CC1(c2ccc(F)c(F)c2)NC(=O)N(CC(=O)N(C2CC2)C2CCS(=O)(=O)C2)C1=O. The Hall–Kier alpha value is -2.56. The molecule has 0 spiro atoms. The molecule has 3 fully saturated rings. The number of halogens is 2. The van der Waals surface area contributed by atoms with Gasteiger partial charge in [0.1, 0.15) is 12.1 Å². The van der Waals surface area contributed by atoms with Crippen molar-refractivity contribution in [2.45, 2.75) is 43.8 Å². The lowest BCUT2D eigenvalue weighted by Gasteiger charge is -2.30. The number of nitrogens with one attached hydrogen (secondary N) is 1.